The maximum absolute atomic E-state index is 12.9. The molecule has 1 aromatic heterocycles. The summed E-state index contributed by atoms with van der Waals surface area (Å²) in [5.74, 6) is -0.267. The fourth-order valence-corrected chi connectivity index (χ4v) is 5.90. The lowest BCUT2D eigenvalue weighted by atomic mass is 9.79. The molecule has 3 aliphatic rings. The number of nitrogens with one attached hydrogen (secondary N) is 2. The van der Waals surface area contributed by atoms with E-state index in [9.17, 15) is 9.59 Å². The molecule has 1 saturated heterocycles. The van der Waals surface area contributed by atoms with Gasteiger partial charge in [-0.05, 0) is 44.9 Å². The van der Waals surface area contributed by atoms with E-state index in [1.165, 1.54) is 51.4 Å². The third kappa shape index (κ3) is 5.61. The minimum atomic E-state index is -0.291. The number of nitrogens with zero attached hydrogens (tertiary/aromatic N) is 2. The number of aromatic amines is 1. The quantitative estimate of drug-likeness (QED) is 0.676. The summed E-state index contributed by atoms with van der Waals surface area (Å²) in [7, 11) is 2.13. The lowest BCUT2D eigenvalue weighted by Gasteiger charge is -2.48. The fraction of sp³-hybridized carbons (Fsp3) is 0.760. The first kappa shape index (κ1) is 23.5. The summed E-state index contributed by atoms with van der Waals surface area (Å²) in [5, 5.41) is 3.11. The third-order valence-corrected chi connectivity index (χ3v) is 7.88. The van der Waals surface area contributed by atoms with Crippen molar-refractivity contribution >= 4 is 5.91 Å². The predicted octanol–water partition coefficient (Wildman–Crippen LogP) is 2.90. The number of carbonyl (C=O) groups is 1. The smallest absolute Gasteiger partial charge is 0.261 e. The number of pyridine rings is 1. The highest BCUT2D eigenvalue weighted by Crippen LogP contribution is 2.34. The Morgan fingerprint density at radius 1 is 1.12 bits per heavy atom. The van der Waals surface area contributed by atoms with Gasteiger partial charge in [-0.25, -0.2) is 0 Å². The van der Waals surface area contributed by atoms with Crippen LogP contribution in [-0.4, -0.2) is 72.2 Å². The highest BCUT2D eigenvalue weighted by Gasteiger charge is 2.39. The van der Waals surface area contributed by atoms with Gasteiger partial charge in [0.05, 0.1) is 13.2 Å². The van der Waals surface area contributed by atoms with Crippen molar-refractivity contribution in [2.75, 3.05) is 39.9 Å². The Kier molecular flexibility index (Phi) is 8.02. The molecule has 2 heterocycles. The van der Waals surface area contributed by atoms with Crippen LogP contribution in [0.4, 0.5) is 0 Å². The van der Waals surface area contributed by atoms with E-state index < -0.39 is 0 Å². The van der Waals surface area contributed by atoms with Gasteiger partial charge in [-0.15, -0.1) is 0 Å². The van der Waals surface area contributed by atoms with Crippen LogP contribution in [0.15, 0.2) is 16.9 Å². The van der Waals surface area contributed by atoms with Crippen LogP contribution < -0.4 is 10.9 Å². The van der Waals surface area contributed by atoms with E-state index in [0.29, 0.717) is 19.1 Å². The van der Waals surface area contributed by atoms with Crippen LogP contribution >= 0.6 is 0 Å². The third-order valence-electron chi connectivity index (χ3n) is 7.88. The SMILES string of the molecule is CN(Cc1ccc(C(=O)NCC2(N3CCOCC3)CCCCC2)c(=O)[nH]1)C1CCCCC1. The van der Waals surface area contributed by atoms with E-state index in [2.05, 4.69) is 27.1 Å². The molecular weight excluding hydrogens is 404 g/mol. The Bertz CT molecular complexity index is 806. The van der Waals surface area contributed by atoms with E-state index in [1.54, 1.807) is 6.07 Å². The number of aromatic nitrogens is 1. The van der Waals surface area contributed by atoms with Gasteiger partial charge in [0.1, 0.15) is 5.56 Å². The summed E-state index contributed by atoms with van der Waals surface area (Å²) < 4.78 is 5.55. The fourth-order valence-electron chi connectivity index (χ4n) is 5.90. The molecule has 1 aliphatic heterocycles. The standard InChI is InChI=1S/C25H40N4O3/c1-28(21-8-4-2-5-9-21)18-20-10-11-22(24(31)27-20)23(30)26-19-25(12-6-3-7-13-25)29-14-16-32-17-15-29/h10-11,21H,2-9,12-19H2,1H3,(H,26,30)(H,27,31). The number of H-pyrrole nitrogens is 1. The van der Waals surface area contributed by atoms with Crippen molar-refractivity contribution in [2.24, 2.45) is 0 Å². The van der Waals surface area contributed by atoms with E-state index in [0.717, 1.165) is 44.8 Å². The van der Waals surface area contributed by atoms with Gasteiger partial charge < -0.3 is 15.0 Å². The molecule has 2 aliphatic carbocycles. The average Bonchev–Trinajstić information content (AvgIpc) is 2.84. The monoisotopic (exact) mass is 444 g/mol. The largest absolute Gasteiger partial charge is 0.379 e. The zero-order chi connectivity index (χ0) is 22.4. The normalized spacial score (nSPS) is 22.7. The Balaban J connectivity index is 1.37. The van der Waals surface area contributed by atoms with Gasteiger partial charge in [-0.2, -0.15) is 0 Å². The zero-order valence-electron chi connectivity index (χ0n) is 19.7. The van der Waals surface area contributed by atoms with Crippen molar-refractivity contribution < 1.29 is 9.53 Å². The van der Waals surface area contributed by atoms with Crippen LogP contribution in [0, 0.1) is 0 Å². The Morgan fingerprint density at radius 2 is 1.81 bits per heavy atom. The number of hydrogen-bond donors (Lipinski definition) is 2. The van der Waals surface area contributed by atoms with Crippen LogP contribution in [0.25, 0.3) is 0 Å². The van der Waals surface area contributed by atoms with E-state index >= 15 is 0 Å². The first-order valence-corrected chi connectivity index (χ1v) is 12.6. The van der Waals surface area contributed by atoms with Crippen LogP contribution in [0.5, 0.6) is 0 Å². The summed E-state index contributed by atoms with van der Waals surface area (Å²) in [6, 6.07) is 4.18. The summed E-state index contributed by atoms with van der Waals surface area (Å²) in [4.78, 5) is 33.4. The van der Waals surface area contributed by atoms with Gasteiger partial charge in [0.15, 0.2) is 0 Å². The maximum atomic E-state index is 12.9. The molecule has 1 aromatic rings. The molecule has 32 heavy (non-hydrogen) atoms. The molecule has 0 radical (unpaired) electrons. The number of morpholine rings is 1. The van der Waals surface area contributed by atoms with Crippen LogP contribution in [0.2, 0.25) is 0 Å². The van der Waals surface area contributed by atoms with Gasteiger partial charge >= 0.3 is 0 Å². The molecular formula is C25H40N4O3. The van der Waals surface area contributed by atoms with Crippen molar-refractivity contribution in [2.45, 2.75) is 82.3 Å². The van der Waals surface area contributed by atoms with Crippen molar-refractivity contribution in [3.8, 4) is 0 Å². The second kappa shape index (κ2) is 10.9. The van der Waals surface area contributed by atoms with Crippen LogP contribution in [-0.2, 0) is 11.3 Å². The number of carbonyl (C=O) groups excluding carboxylic acids is 1. The highest BCUT2D eigenvalue weighted by molar-refractivity contribution is 5.93. The summed E-state index contributed by atoms with van der Waals surface area (Å²) in [6.07, 6.45) is 12.2. The Hall–Kier alpha value is -1.70. The van der Waals surface area contributed by atoms with Crippen molar-refractivity contribution in [1.29, 1.82) is 0 Å². The lowest BCUT2D eigenvalue weighted by Crippen LogP contribution is -2.59. The highest BCUT2D eigenvalue weighted by atomic mass is 16.5. The van der Waals surface area contributed by atoms with Gasteiger partial charge in [0.2, 0.25) is 0 Å². The molecule has 2 saturated carbocycles. The summed E-state index contributed by atoms with van der Waals surface area (Å²) in [5.41, 5.74) is 0.785. The Morgan fingerprint density at radius 3 is 2.50 bits per heavy atom. The summed E-state index contributed by atoms with van der Waals surface area (Å²) >= 11 is 0. The lowest BCUT2D eigenvalue weighted by molar-refractivity contribution is -0.0361. The first-order chi connectivity index (χ1) is 15.6. The molecule has 2 N–H and O–H groups in total. The molecule has 1 amide bonds. The van der Waals surface area contributed by atoms with Crippen molar-refractivity contribution in [3.63, 3.8) is 0 Å². The van der Waals surface area contributed by atoms with Gasteiger partial charge in [0.25, 0.3) is 11.5 Å². The average molecular weight is 445 g/mol. The van der Waals surface area contributed by atoms with E-state index in [4.69, 9.17) is 4.74 Å². The molecule has 7 nitrogen and oxygen atoms in total. The topological polar surface area (TPSA) is 77.7 Å². The number of hydrogen-bond acceptors (Lipinski definition) is 5. The number of amides is 1. The van der Waals surface area contributed by atoms with Gasteiger partial charge in [-0.1, -0.05) is 38.5 Å². The molecule has 0 spiro atoms. The molecule has 0 atom stereocenters. The minimum absolute atomic E-state index is 0.00684. The number of rotatable bonds is 7. The van der Waals surface area contributed by atoms with E-state index in [-0.39, 0.29) is 22.6 Å². The minimum Gasteiger partial charge on any atom is -0.379 e. The molecule has 3 fully saturated rings. The molecule has 0 unspecified atom stereocenters. The number of ether oxygens (including phenoxy) is 1. The van der Waals surface area contributed by atoms with E-state index in [1.807, 2.05) is 6.07 Å². The van der Waals surface area contributed by atoms with Crippen molar-refractivity contribution in [1.82, 2.24) is 20.1 Å². The maximum Gasteiger partial charge on any atom is 0.261 e. The van der Waals surface area contributed by atoms with Gasteiger partial charge in [-0.3, -0.25) is 19.4 Å². The zero-order valence-corrected chi connectivity index (χ0v) is 19.7. The van der Waals surface area contributed by atoms with Crippen LogP contribution in [0.3, 0.4) is 0 Å². The summed E-state index contributed by atoms with van der Waals surface area (Å²) in [6.45, 7) is 4.65. The van der Waals surface area contributed by atoms with Gasteiger partial charge in [0, 0.05) is 43.5 Å². The van der Waals surface area contributed by atoms with Crippen molar-refractivity contribution in [3.05, 3.63) is 33.7 Å². The molecule has 0 aromatic carbocycles. The second-order valence-corrected chi connectivity index (χ2v) is 10.0. The molecule has 0 bridgehead atoms. The Labute approximate surface area is 191 Å². The first-order valence-electron chi connectivity index (χ1n) is 12.6. The predicted molar refractivity (Wildman–Crippen MR) is 126 cm³/mol. The second-order valence-electron chi connectivity index (χ2n) is 10.0. The molecule has 4 rings (SSSR count). The molecule has 178 valence electrons. The van der Waals surface area contributed by atoms with Crippen LogP contribution in [0.1, 0.15) is 80.3 Å². The molecule has 7 heteroatoms.